The van der Waals surface area contributed by atoms with E-state index in [2.05, 4.69) is 5.32 Å². The first kappa shape index (κ1) is 9.99. The van der Waals surface area contributed by atoms with Gasteiger partial charge in [-0.3, -0.25) is 0 Å². The molecule has 7 heavy (non-hydrogen) atoms. The predicted octanol–water partition coefficient (Wildman–Crippen LogP) is -0.293. The summed E-state index contributed by atoms with van der Waals surface area (Å²) in [7, 11) is 0. The smallest absolute Gasteiger partial charge is 0.00484 e. The van der Waals surface area contributed by atoms with Crippen molar-refractivity contribution in [2.75, 3.05) is 13.1 Å². The zero-order valence-corrected chi connectivity index (χ0v) is 4.54. The summed E-state index contributed by atoms with van der Waals surface area (Å²) < 4.78 is 0. The van der Waals surface area contributed by atoms with Crippen molar-refractivity contribution in [3.8, 4) is 0 Å². The third-order valence-corrected chi connectivity index (χ3v) is 0.957. The fraction of sp³-hybridized carbons (Fsp3) is 1.00. The van der Waals surface area contributed by atoms with Gasteiger partial charge >= 0.3 is 0 Å². The van der Waals surface area contributed by atoms with Crippen LogP contribution in [-0.4, -0.2) is 18.6 Å². The summed E-state index contributed by atoms with van der Waals surface area (Å²) in [5.74, 6) is 0. The normalized spacial score (nSPS) is 17.1. The molecule has 1 heterocycles. The monoisotopic (exact) mass is 106 g/mol. The van der Waals surface area contributed by atoms with Crippen LogP contribution in [0.1, 0.15) is 12.8 Å². The molecule has 0 radical (unpaired) electrons. The molecular weight excluding hydrogens is 92.1 g/mol. The second-order valence-corrected chi connectivity index (χ2v) is 1.46. The van der Waals surface area contributed by atoms with Gasteiger partial charge in [-0.1, -0.05) is 0 Å². The summed E-state index contributed by atoms with van der Waals surface area (Å²) in [6.45, 7) is 2.50. The van der Waals surface area contributed by atoms with Crippen molar-refractivity contribution in [2.24, 2.45) is 0 Å². The van der Waals surface area contributed by atoms with E-state index in [4.69, 9.17) is 0 Å². The number of hydrogen-bond acceptors (Lipinski definition) is 2. The van der Waals surface area contributed by atoms with E-state index in [-0.39, 0.29) is 11.6 Å². The van der Waals surface area contributed by atoms with E-state index in [1.165, 1.54) is 25.9 Å². The molecule has 0 aromatic rings. The van der Waals surface area contributed by atoms with Gasteiger partial charge in [0.2, 0.25) is 0 Å². The Morgan fingerprint density at radius 3 is 1.57 bits per heavy atom. The van der Waals surface area contributed by atoms with Crippen molar-refractivity contribution >= 4 is 0 Å². The van der Waals surface area contributed by atoms with E-state index < -0.39 is 0 Å². The third-order valence-electron chi connectivity index (χ3n) is 0.957. The average molecular weight is 106 g/mol. The lowest BCUT2D eigenvalue weighted by molar-refractivity contribution is 0.824. The van der Waals surface area contributed by atoms with E-state index in [0.29, 0.717) is 0 Å². The van der Waals surface area contributed by atoms with Crippen molar-refractivity contribution in [1.29, 1.82) is 0 Å². The highest BCUT2D eigenvalue weighted by atomic mass is 16.0. The van der Waals surface area contributed by atoms with Crippen molar-refractivity contribution < 1.29 is 5.48 Å². The summed E-state index contributed by atoms with van der Waals surface area (Å²) in [6, 6.07) is 0. The van der Waals surface area contributed by atoms with Crippen LogP contribution in [0.5, 0.6) is 0 Å². The summed E-state index contributed by atoms with van der Waals surface area (Å²) >= 11 is 0. The van der Waals surface area contributed by atoms with Gasteiger partial charge in [-0.2, -0.15) is 0 Å². The molecule has 0 amide bonds. The molecule has 3 nitrogen and oxygen atoms in total. The molecule has 1 rings (SSSR count). The lowest BCUT2D eigenvalue weighted by Gasteiger charge is -1.76. The zero-order chi connectivity index (χ0) is 3.54. The molecule has 0 aromatic heterocycles. The Balaban J connectivity index is 0. The maximum Gasteiger partial charge on any atom is -0.00484 e. The minimum Gasteiger partial charge on any atom is -0.412 e. The van der Waals surface area contributed by atoms with Gasteiger partial charge in [0.25, 0.3) is 0 Å². The average Bonchev–Trinajstić information content (AvgIpc) is 1.76. The van der Waals surface area contributed by atoms with Crippen LogP contribution in [0.4, 0.5) is 0 Å². The molecule has 0 saturated carbocycles. The molecule has 1 aliphatic rings. The van der Waals surface area contributed by atoms with Gasteiger partial charge < -0.3 is 16.9 Å². The maximum atomic E-state index is 3.22. The van der Waals surface area contributed by atoms with E-state index in [0.717, 1.165) is 0 Å². The molecule has 0 atom stereocenters. The first-order chi connectivity index (χ1) is 2.50. The fourth-order valence-corrected chi connectivity index (χ4v) is 0.625. The van der Waals surface area contributed by atoms with E-state index in [1.807, 2.05) is 0 Å². The molecule has 6 N–H and O–H groups in total. The fourth-order valence-electron chi connectivity index (χ4n) is 0.625. The molecule has 0 bridgehead atoms. The van der Waals surface area contributed by atoms with Gasteiger partial charge in [-0.15, -0.1) is 0 Å². The molecular formula is C4H14N2O. The Hall–Kier alpha value is -0.120. The number of nitrogens with one attached hydrogen (secondary N) is 1. The molecule has 0 aromatic carbocycles. The summed E-state index contributed by atoms with van der Waals surface area (Å²) in [6.07, 6.45) is 2.78. The molecule has 3 heteroatoms. The summed E-state index contributed by atoms with van der Waals surface area (Å²) in [5.41, 5.74) is 0. The van der Waals surface area contributed by atoms with Crippen molar-refractivity contribution in [3.63, 3.8) is 0 Å². The van der Waals surface area contributed by atoms with Crippen molar-refractivity contribution in [1.82, 2.24) is 11.5 Å². The molecule has 46 valence electrons. The number of rotatable bonds is 0. The van der Waals surface area contributed by atoms with Gasteiger partial charge in [0.15, 0.2) is 0 Å². The Kier molecular flexibility index (Phi) is 8.39. The van der Waals surface area contributed by atoms with Gasteiger partial charge in [0.05, 0.1) is 0 Å². The van der Waals surface area contributed by atoms with Gasteiger partial charge in [-0.25, -0.2) is 0 Å². The maximum absolute atomic E-state index is 3.22. The predicted molar refractivity (Wildman–Crippen MR) is 30.7 cm³/mol. The lowest BCUT2D eigenvalue weighted by atomic mass is 10.4. The van der Waals surface area contributed by atoms with Crippen LogP contribution < -0.4 is 11.5 Å². The van der Waals surface area contributed by atoms with E-state index in [9.17, 15) is 0 Å². The lowest BCUT2D eigenvalue weighted by Crippen LogP contribution is -2.03. The highest BCUT2D eigenvalue weighted by Crippen LogP contribution is 1.90. The van der Waals surface area contributed by atoms with Gasteiger partial charge in [0, 0.05) is 0 Å². The zero-order valence-electron chi connectivity index (χ0n) is 4.54. The number of hydrogen-bond donors (Lipinski definition) is 2. The Morgan fingerprint density at radius 2 is 1.43 bits per heavy atom. The Morgan fingerprint density at radius 1 is 1.00 bits per heavy atom. The largest absolute Gasteiger partial charge is 0.412 e. The second kappa shape index (κ2) is 5.88. The van der Waals surface area contributed by atoms with Crippen molar-refractivity contribution in [3.05, 3.63) is 0 Å². The molecule has 0 aliphatic carbocycles. The molecule has 1 fully saturated rings. The topological polar surface area (TPSA) is 78.5 Å². The highest BCUT2D eigenvalue weighted by molar-refractivity contribution is 4.55. The van der Waals surface area contributed by atoms with E-state index >= 15 is 0 Å². The molecule has 1 saturated heterocycles. The summed E-state index contributed by atoms with van der Waals surface area (Å²) in [5, 5.41) is 3.22. The minimum absolute atomic E-state index is 0. The standard InChI is InChI=1S/C4H9N.H3N.H2O/c1-2-4-5-3-1;;/h5H,1-4H2;1H3;1H2. The van der Waals surface area contributed by atoms with Crippen LogP contribution in [0.25, 0.3) is 0 Å². The van der Waals surface area contributed by atoms with Crippen LogP contribution in [-0.2, 0) is 0 Å². The second-order valence-electron chi connectivity index (χ2n) is 1.46. The third kappa shape index (κ3) is 3.72. The molecule has 1 aliphatic heterocycles. The van der Waals surface area contributed by atoms with Crippen LogP contribution in [0.3, 0.4) is 0 Å². The van der Waals surface area contributed by atoms with Gasteiger partial charge in [0.1, 0.15) is 0 Å². The SMILES string of the molecule is C1CCNC1.N.O. The van der Waals surface area contributed by atoms with Gasteiger partial charge in [-0.05, 0) is 25.9 Å². The Bertz CT molecular complexity index is 21.3. The first-order valence-corrected chi connectivity index (χ1v) is 2.21. The quantitative estimate of drug-likeness (QED) is 0.445. The summed E-state index contributed by atoms with van der Waals surface area (Å²) in [4.78, 5) is 0. The van der Waals surface area contributed by atoms with Crippen LogP contribution >= 0.6 is 0 Å². The highest BCUT2D eigenvalue weighted by Gasteiger charge is 1.93. The van der Waals surface area contributed by atoms with Crippen molar-refractivity contribution in [2.45, 2.75) is 12.8 Å². The molecule has 0 spiro atoms. The van der Waals surface area contributed by atoms with E-state index in [1.54, 1.807) is 0 Å². The minimum atomic E-state index is 0. The van der Waals surface area contributed by atoms with Crippen LogP contribution in [0.15, 0.2) is 0 Å². The van der Waals surface area contributed by atoms with Crippen LogP contribution in [0, 0.1) is 0 Å². The Labute approximate surface area is 44.0 Å². The molecule has 0 unspecified atom stereocenters. The van der Waals surface area contributed by atoms with Crippen LogP contribution in [0.2, 0.25) is 0 Å². The first-order valence-electron chi connectivity index (χ1n) is 2.21.